The van der Waals surface area contributed by atoms with Crippen molar-refractivity contribution in [2.75, 3.05) is 6.54 Å². The fourth-order valence-corrected chi connectivity index (χ4v) is 0.118. The average Bonchev–Trinajstić information content (AvgIpc) is 1.41. The summed E-state index contributed by atoms with van der Waals surface area (Å²) in [5, 5.41) is 9.40. The summed E-state index contributed by atoms with van der Waals surface area (Å²) < 4.78 is 0. The number of nitrogens with two attached hydrogens (primary N) is 1. The highest BCUT2D eigenvalue weighted by Crippen LogP contribution is 1.56. The van der Waals surface area contributed by atoms with Gasteiger partial charge in [0.25, 0.3) is 0 Å². The Morgan fingerprint density at radius 3 is 1.75 bits per heavy atom. The van der Waals surface area contributed by atoms with Gasteiger partial charge in [-0.1, -0.05) is 6.92 Å². The fraction of sp³-hybridized carbons (Fsp3) is 1.00. The predicted octanol–water partition coefficient (Wildman–Crippen LogP) is -6.11. The Morgan fingerprint density at radius 2 is 1.75 bits per heavy atom. The highest BCUT2D eigenvalue weighted by Gasteiger charge is 1.65. The van der Waals surface area contributed by atoms with Gasteiger partial charge in [-0.15, -0.1) is 12.4 Å². The molecule has 0 aliphatic carbocycles. The van der Waals surface area contributed by atoms with Crippen LogP contribution in [0.25, 0.3) is 0 Å². The van der Waals surface area contributed by atoms with E-state index in [0.29, 0.717) is 6.54 Å². The monoisotopic (exact) mass is 181 g/mol. The minimum absolute atomic E-state index is 0. The van der Waals surface area contributed by atoms with Crippen molar-refractivity contribution < 1.29 is 30.3 Å². The van der Waals surface area contributed by atoms with Gasteiger partial charge in [-0.25, -0.2) is 0 Å². The molecule has 0 bridgehead atoms. The van der Waals surface area contributed by atoms with E-state index in [-0.39, 0.29) is 37.2 Å². The molecule has 0 spiro atoms. The van der Waals surface area contributed by atoms with Crippen LogP contribution in [0.4, 0.5) is 0 Å². The number of rotatable bonds is 2. The molecule has 2 nitrogen and oxygen atoms in total. The van der Waals surface area contributed by atoms with Crippen LogP contribution in [-0.2, 0) is 0 Å². The lowest BCUT2D eigenvalue weighted by Gasteiger charge is -1.93. The lowest BCUT2D eigenvalue weighted by atomic mass is 10.5. The van der Waals surface area contributed by atoms with Crippen molar-refractivity contribution in [1.29, 1.82) is 0 Å². The second-order valence-electron chi connectivity index (χ2n) is 0.955. The van der Waals surface area contributed by atoms with Crippen LogP contribution < -0.4 is 30.3 Å². The van der Waals surface area contributed by atoms with Crippen molar-refractivity contribution in [3.05, 3.63) is 5.21 Å². The summed E-state index contributed by atoms with van der Waals surface area (Å²) in [4.78, 5) is 0. The Morgan fingerprint density at radius 1 is 1.38 bits per heavy atom. The maximum Gasteiger partial charge on any atom is 0.0749 e. The van der Waals surface area contributed by atoms with E-state index >= 15 is 0 Å². The summed E-state index contributed by atoms with van der Waals surface area (Å²) in [6, 6.07) is 0. The Balaban J connectivity index is -0.0000000267. The van der Waals surface area contributed by atoms with E-state index in [1.807, 2.05) is 6.92 Å². The molecule has 8 heavy (non-hydrogen) atoms. The van der Waals surface area contributed by atoms with E-state index < -0.39 is 0 Å². The maximum absolute atomic E-state index is 9.40. The molecule has 0 heterocycles. The molecule has 0 aromatic carbocycles. The molecule has 0 amide bonds. The van der Waals surface area contributed by atoms with Gasteiger partial charge in [0.15, 0.2) is 0 Å². The van der Waals surface area contributed by atoms with Crippen molar-refractivity contribution in [3.63, 3.8) is 0 Å². The van der Waals surface area contributed by atoms with Crippen LogP contribution in [0.15, 0.2) is 0 Å². The largest absolute Gasteiger partial charge is 1.00 e. The average molecular weight is 182 g/mol. The lowest BCUT2D eigenvalue weighted by molar-refractivity contribution is -0.588. The van der Waals surface area contributed by atoms with Gasteiger partial charge in [-0.05, 0) is 6.42 Å². The molecule has 2 N–H and O–H groups in total. The summed E-state index contributed by atoms with van der Waals surface area (Å²) >= 11 is 0. The number of quaternary nitrogens is 1. The third-order valence-corrected chi connectivity index (χ3v) is 0.407. The highest BCUT2D eigenvalue weighted by atomic mass is 35.5. The van der Waals surface area contributed by atoms with E-state index in [2.05, 4.69) is 0 Å². The first-order valence-electron chi connectivity index (χ1n) is 1.85. The summed E-state index contributed by atoms with van der Waals surface area (Å²) in [7, 11) is 0. The molecule has 0 unspecified atom stereocenters. The van der Waals surface area contributed by atoms with Crippen molar-refractivity contribution >= 4 is 12.4 Å². The van der Waals surface area contributed by atoms with Crippen molar-refractivity contribution in [2.45, 2.75) is 13.3 Å². The van der Waals surface area contributed by atoms with Crippen LogP contribution in [0.3, 0.4) is 0 Å². The summed E-state index contributed by atoms with van der Waals surface area (Å²) in [6.45, 7) is 2.69. The van der Waals surface area contributed by atoms with E-state index in [9.17, 15) is 5.21 Å². The Labute approximate surface area is 68.2 Å². The molecule has 0 aliphatic rings. The quantitative estimate of drug-likeness (QED) is 0.424. The van der Waals surface area contributed by atoms with Gasteiger partial charge < -0.3 is 35.5 Å². The summed E-state index contributed by atoms with van der Waals surface area (Å²) in [6.07, 6.45) is 0.976. The maximum atomic E-state index is 9.40. The minimum Gasteiger partial charge on any atom is -1.00 e. The van der Waals surface area contributed by atoms with Crippen molar-refractivity contribution in [1.82, 2.24) is 0 Å². The SMILES string of the molecule is CCC[NH2+][O-].Cl.[Cl-].[Cl-]. The van der Waals surface area contributed by atoms with Crippen LogP contribution in [-0.4, -0.2) is 6.54 Å². The molecule has 0 saturated heterocycles. The molecule has 0 rings (SSSR count). The zero-order valence-electron chi connectivity index (χ0n) is 4.56. The second-order valence-corrected chi connectivity index (χ2v) is 0.955. The number of hydrogen-bond donors (Lipinski definition) is 1. The Hall–Kier alpha value is 0.790. The fourth-order valence-electron chi connectivity index (χ4n) is 0.118. The topological polar surface area (TPSA) is 39.7 Å². The van der Waals surface area contributed by atoms with E-state index in [1.165, 1.54) is 0 Å². The van der Waals surface area contributed by atoms with Gasteiger partial charge in [-0.3, -0.25) is 0 Å². The molecule has 5 heteroatoms. The molecule has 0 aromatic rings. The van der Waals surface area contributed by atoms with Crippen LogP contribution >= 0.6 is 12.4 Å². The Bertz CT molecular complexity index is 22.0. The molecule has 56 valence electrons. The predicted molar refractivity (Wildman–Crippen MR) is 27.7 cm³/mol. The van der Waals surface area contributed by atoms with Gasteiger partial charge >= 0.3 is 0 Å². The van der Waals surface area contributed by atoms with E-state index in [4.69, 9.17) is 0 Å². The van der Waals surface area contributed by atoms with Gasteiger partial charge in [0.2, 0.25) is 0 Å². The third-order valence-electron chi connectivity index (χ3n) is 0.407. The van der Waals surface area contributed by atoms with Gasteiger partial charge in [0.1, 0.15) is 0 Å². The minimum atomic E-state index is 0. The summed E-state index contributed by atoms with van der Waals surface area (Å²) in [5.41, 5.74) is 0.931. The normalized spacial score (nSPS) is 5.25. The first-order valence-corrected chi connectivity index (χ1v) is 1.85. The highest BCUT2D eigenvalue weighted by molar-refractivity contribution is 5.85. The second kappa shape index (κ2) is 25.0. The molecule has 0 saturated carbocycles. The van der Waals surface area contributed by atoms with Crippen LogP contribution in [0.5, 0.6) is 0 Å². The lowest BCUT2D eigenvalue weighted by Crippen LogP contribution is -3.00. The molecular formula is C3H10Cl3NO-2. The number of hydroxylamine groups is 1. The number of halogens is 3. The van der Waals surface area contributed by atoms with E-state index in [0.717, 1.165) is 11.9 Å². The van der Waals surface area contributed by atoms with Crippen molar-refractivity contribution in [2.24, 2.45) is 0 Å². The molecule has 0 radical (unpaired) electrons. The standard InChI is InChI=1S/C3H9NO.3ClH/c1-2-3-4-5;;;/h2-4H2,1H3;3*1H/p-2. The molecule has 0 aromatic heterocycles. The zero-order chi connectivity index (χ0) is 4.12. The van der Waals surface area contributed by atoms with Gasteiger partial charge in [0.05, 0.1) is 6.54 Å². The third kappa shape index (κ3) is 29.2. The van der Waals surface area contributed by atoms with E-state index in [1.54, 1.807) is 0 Å². The smallest absolute Gasteiger partial charge is 0.0749 e. The van der Waals surface area contributed by atoms with Crippen LogP contribution in [0, 0.1) is 5.21 Å². The van der Waals surface area contributed by atoms with Crippen LogP contribution in [0.2, 0.25) is 0 Å². The molecule has 0 aliphatic heterocycles. The van der Waals surface area contributed by atoms with Gasteiger partial charge in [-0.2, -0.15) is 0 Å². The number of hydrogen-bond acceptors (Lipinski definition) is 1. The molecule has 0 fully saturated rings. The first-order chi connectivity index (χ1) is 2.41. The van der Waals surface area contributed by atoms with Crippen molar-refractivity contribution in [3.8, 4) is 0 Å². The molecular weight excluding hydrogens is 172 g/mol. The summed E-state index contributed by atoms with van der Waals surface area (Å²) in [5.74, 6) is 0. The van der Waals surface area contributed by atoms with Gasteiger partial charge in [0, 0.05) is 0 Å². The first kappa shape index (κ1) is 23.2. The zero-order valence-corrected chi connectivity index (χ0v) is 6.89. The van der Waals surface area contributed by atoms with Crippen LogP contribution in [0.1, 0.15) is 13.3 Å². The molecule has 0 atom stereocenters. The Kier molecular flexibility index (Phi) is 72.7.